The first kappa shape index (κ1) is 18.4. The first-order valence-corrected chi connectivity index (χ1v) is 9.63. The summed E-state index contributed by atoms with van der Waals surface area (Å²) < 4.78 is 1.84. The lowest BCUT2D eigenvalue weighted by Crippen LogP contribution is -2.35. The summed E-state index contributed by atoms with van der Waals surface area (Å²) in [6, 6.07) is 15.5. The summed E-state index contributed by atoms with van der Waals surface area (Å²) in [5.74, 6) is -0.198. The SMILES string of the molecule is O=C(c1ccc(Cn2cc(Br)c([N+](=O)[O-])n2)cc1)N1CCc2ccccc2C1. The molecule has 142 valence electrons. The lowest BCUT2D eigenvalue weighted by Gasteiger charge is -2.29. The van der Waals surface area contributed by atoms with Crippen LogP contribution in [0.5, 0.6) is 0 Å². The molecule has 1 aromatic heterocycles. The summed E-state index contributed by atoms with van der Waals surface area (Å²) in [4.78, 5) is 25.1. The Kier molecular flexibility index (Phi) is 4.95. The lowest BCUT2D eigenvalue weighted by molar-refractivity contribution is -0.390. The molecule has 0 unspecified atom stereocenters. The number of halogens is 1. The first-order valence-electron chi connectivity index (χ1n) is 8.83. The largest absolute Gasteiger partial charge is 0.404 e. The number of aromatic nitrogens is 2. The third-order valence-electron chi connectivity index (χ3n) is 4.84. The smallest absolute Gasteiger partial charge is 0.358 e. The molecule has 8 heteroatoms. The van der Waals surface area contributed by atoms with Crippen molar-refractivity contribution in [3.05, 3.63) is 91.6 Å². The van der Waals surface area contributed by atoms with Crippen molar-refractivity contribution in [2.24, 2.45) is 0 Å². The van der Waals surface area contributed by atoms with E-state index in [1.807, 2.05) is 29.2 Å². The van der Waals surface area contributed by atoms with Gasteiger partial charge in [-0.3, -0.25) is 4.79 Å². The zero-order valence-electron chi connectivity index (χ0n) is 14.9. The van der Waals surface area contributed by atoms with Crippen LogP contribution in [0.1, 0.15) is 27.0 Å². The predicted octanol–water partition coefficient (Wildman–Crippen LogP) is 3.80. The second kappa shape index (κ2) is 7.55. The minimum Gasteiger partial charge on any atom is -0.358 e. The topological polar surface area (TPSA) is 81.3 Å². The predicted molar refractivity (Wildman–Crippen MR) is 107 cm³/mol. The second-order valence-corrected chi connectivity index (χ2v) is 7.55. The Bertz CT molecular complexity index is 1050. The van der Waals surface area contributed by atoms with Crippen LogP contribution in [0.25, 0.3) is 0 Å². The Labute approximate surface area is 169 Å². The number of benzene rings is 2. The highest BCUT2D eigenvalue weighted by Gasteiger charge is 2.22. The van der Waals surface area contributed by atoms with E-state index in [1.54, 1.807) is 18.3 Å². The maximum absolute atomic E-state index is 12.8. The molecule has 2 aromatic carbocycles. The molecule has 0 atom stereocenters. The van der Waals surface area contributed by atoms with Gasteiger partial charge in [0.1, 0.15) is 4.47 Å². The van der Waals surface area contributed by atoms with Gasteiger partial charge in [-0.1, -0.05) is 36.4 Å². The van der Waals surface area contributed by atoms with Crippen molar-refractivity contribution in [2.45, 2.75) is 19.5 Å². The molecule has 0 saturated carbocycles. The normalized spacial score (nSPS) is 13.2. The third kappa shape index (κ3) is 3.68. The van der Waals surface area contributed by atoms with E-state index in [-0.39, 0.29) is 11.7 Å². The van der Waals surface area contributed by atoms with E-state index < -0.39 is 4.92 Å². The number of hydrogen-bond donors (Lipinski definition) is 0. The molecule has 4 rings (SSSR count). The zero-order valence-corrected chi connectivity index (χ0v) is 16.5. The molecule has 0 saturated heterocycles. The average Bonchev–Trinajstić information content (AvgIpc) is 3.08. The van der Waals surface area contributed by atoms with Crippen molar-refractivity contribution in [2.75, 3.05) is 6.54 Å². The number of amides is 1. The van der Waals surface area contributed by atoms with Crippen LogP contribution in [-0.2, 0) is 19.5 Å². The zero-order chi connectivity index (χ0) is 19.7. The van der Waals surface area contributed by atoms with E-state index >= 15 is 0 Å². The molecular formula is C20H17BrN4O3. The number of nitrogens with zero attached hydrogens (tertiary/aromatic N) is 4. The van der Waals surface area contributed by atoms with Crippen molar-refractivity contribution in [3.8, 4) is 0 Å². The fourth-order valence-corrected chi connectivity index (χ4v) is 3.84. The maximum atomic E-state index is 12.8. The van der Waals surface area contributed by atoms with E-state index in [4.69, 9.17) is 0 Å². The summed E-state index contributed by atoms with van der Waals surface area (Å²) in [6.07, 6.45) is 2.44. The molecule has 1 amide bonds. The van der Waals surface area contributed by atoms with Gasteiger partial charge in [-0.15, -0.1) is 0 Å². The molecule has 7 nitrogen and oxygen atoms in total. The Balaban J connectivity index is 1.45. The van der Waals surface area contributed by atoms with E-state index in [1.165, 1.54) is 15.8 Å². The molecule has 0 fully saturated rings. The van der Waals surface area contributed by atoms with Gasteiger partial charge in [0.15, 0.2) is 0 Å². The highest BCUT2D eigenvalue weighted by molar-refractivity contribution is 9.10. The summed E-state index contributed by atoms with van der Waals surface area (Å²) in [5, 5.41) is 14.8. The van der Waals surface area contributed by atoms with Gasteiger partial charge in [-0.05, 0) is 56.1 Å². The molecule has 3 aromatic rings. The molecule has 0 aliphatic carbocycles. The Hall–Kier alpha value is -3.00. The van der Waals surface area contributed by atoms with Crippen LogP contribution in [0.15, 0.2) is 59.2 Å². The molecule has 1 aliphatic heterocycles. The van der Waals surface area contributed by atoms with Crippen LogP contribution in [0.2, 0.25) is 0 Å². The second-order valence-electron chi connectivity index (χ2n) is 6.70. The van der Waals surface area contributed by atoms with Crippen LogP contribution < -0.4 is 0 Å². The number of hydrogen-bond acceptors (Lipinski definition) is 4. The van der Waals surface area contributed by atoms with Gasteiger partial charge < -0.3 is 15.0 Å². The average molecular weight is 441 g/mol. The summed E-state index contributed by atoms with van der Waals surface area (Å²) in [6.45, 7) is 1.72. The van der Waals surface area contributed by atoms with Crippen LogP contribution in [0.3, 0.4) is 0 Å². The standard InChI is InChI=1S/C20H17BrN4O3/c21-18-13-24(22-19(18)25(27)28)11-14-5-7-16(8-6-14)20(26)23-10-9-15-3-1-2-4-17(15)12-23/h1-8,13H,9-12H2. The number of nitro groups is 1. The maximum Gasteiger partial charge on any atom is 0.404 e. The van der Waals surface area contributed by atoms with Gasteiger partial charge in [-0.2, -0.15) is 4.68 Å². The highest BCUT2D eigenvalue weighted by Crippen LogP contribution is 2.23. The molecular weight excluding hydrogens is 424 g/mol. The monoisotopic (exact) mass is 440 g/mol. The van der Waals surface area contributed by atoms with Crippen LogP contribution in [0.4, 0.5) is 5.82 Å². The van der Waals surface area contributed by atoms with Crippen LogP contribution in [0, 0.1) is 10.1 Å². The lowest BCUT2D eigenvalue weighted by atomic mass is 9.99. The van der Waals surface area contributed by atoms with E-state index in [2.05, 4.69) is 33.2 Å². The fraction of sp³-hybridized carbons (Fsp3) is 0.200. The van der Waals surface area contributed by atoms with Gasteiger partial charge >= 0.3 is 5.82 Å². The fourth-order valence-electron chi connectivity index (χ4n) is 3.38. The minimum absolute atomic E-state index is 0.0125. The highest BCUT2D eigenvalue weighted by atomic mass is 79.9. The van der Waals surface area contributed by atoms with E-state index in [0.717, 1.165) is 12.0 Å². The van der Waals surface area contributed by atoms with Gasteiger partial charge in [0, 0.05) is 18.7 Å². The van der Waals surface area contributed by atoms with Gasteiger partial charge in [0.25, 0.3) is 5.91 Å². The molecule has 0 N–H and O–H groups in total. The van der Waals surface area contributed by atoms with E-state index in [9.17, 15) is 14.9 Å². The molecule has 0 spiro atoms. The molecule has 2 heterocycles. The van der Waals surface area contributed by atoms with Gasteiger partial charge in [0.05, 0.1) is 17.8 Å². The number of rotatable bonds is 4. The van der Waals surface area contributed by atoms with Crippen molar-refractivity contribution < 1.29 is 9.72 Å². The van der Waals surface area contributed by atoms with Gasteiger partial charge in [-0.25, -0.2) is 0 Å². The number of fused-ring (bicyclic) bond motifs is 1. The van der Waals surface area contributed by atoms with Crippen molar-refractivity contribution in [1.29, 1.82) is 0 Å². The molecule has 0 bridgehead atoms. The molecule has 28 heavy (non-hydrogen) atoms. The quantitative estimate of drug-likeness (QED) is 0.456. The number of carbonyl (C=O) groups is 1. The Morgan fingerprint density at radius 3 is 2.54 bits per heavy atom. The van der Waals surface area contributed by atoms with Crippen LogP contribution in [-0.4, -0.2) is 32.1 Å². The van der Waals surface area contributed by atoms with Gasteiger partial charge in [0.2, 0.25) is 0 Å². The summed E-state index contributed by atoms with van der Waals surface area (Å²) >= 11 is 3.14. The number of carbonyl (C=O) groups excluding carboxylic acids is 1. The van der Waals surface area contributed by atoms with Crippen molar-refractivity contribution >= 4 is 27.7 Å². The molecule has 1 aliphatic rings. The minimum atomic E-state index is -0.529. The van der Waals surface area contributed by atoms with E-state index in [0.29, 0.717) is 29.7 Å². The Morgan fingerprint density at radius 1 is 1.14 bits per heavy atom. The Morgan fingerprint density at radius 2 is 1.86 bits per heavy atom. The third-order valence-corrected chi connectivity index (χ3v) is 5.39. The molecule has 0 radical (unpaired) electrons. The van der Waals surface area contributed by atoms with Crippen LogP contribution >= 0.6 is 15.9 Å². The van der Waals surface area contributed by atoms with Crippen molar-refractivity contribution in [3.63, 3.8) is 0 Å². The van der Waals surface area contributed by atoms with Crippen molar-refractivity contribution in [1.82, 2.24) is 14.7 Å². The summed E-state index contributed by atoms with van der Waals surface area (Å²) in [7, 11) is 0. The summed E-state index contributed by atoms with van der Waals surface area (Å²) in [5.41, 5.74) is 4.05. The first-order chi connectivity index (χ1) is 13.5.